The molecule has 0 radical (unpaired) electrons. The van der Waals surface area contributed by atoms with Crippen molar-refractivity contribution in [2.24, 2.45) is 5.92 Å². The van der Waals surface area contributed by atoms with Gasteiger partial charge in [0.25, 0.3) is 0 Å². The number of rotatable bonds is 6. The Morgan fingerprint density at radius 3 is 2.72 bits per heavy atom. The Hall–Kier alpha value is -2.88. The first-order valence-electron chi connectivity index (χ1n) is 10.5. The fourth-order valence-corrected chi connectivity index (χ4v) is 3.95. The summed E-state index contributed by atoms with van der Waals surface area (Å²) >= 11 is 0. The number of allylic oxidation sites excluding steroid dienone is 1. The van der Waals surface area contributed by atoms with Gasteiger partial charge in [-0.1, -0.05) is 11.6 Å². The Balaban J connectivity index is 1.35. The third-order valence-corrected chi connectivity index (χ3v) is 5.70. The van der Waals surface area contributed by atoms with Gasteiger partial charge in [0.1, 0.15) is 11.9 Å². The number of nitrogens with zero attached hydrogens (tertiary/aromatic N) is 3. The zero-order valence-corrected chi connectivity index (χ0v) is 16.8. The molecule has 29 heavy (non-hydrogen) atoms. The smallest absolute Gasteiger partial charge is 0.309 e. The molecule has 2 N–H and O–H groups in total. The lowest BCUT2D eigenvalue weighted by atomic mass is 9.96. The number of aromatic nitrogens is 1. The maximum absolute atomic E-state index is 12.0. The highest BCUT2D eigenvalue weighted by atomic mass is 16.2. The van der Waals surface area contributed by atoms with Crippen LogP contribution in [0.1, 0.15) is 50.5 Å². The summed E-state index contributed by atoms with van der Waals surface area (Å²) in [7, 11) is 0. The van der Waals surface area contributed by atoms with Gasteiger partial charge in [0.15, 0.2) is 0 Å². The zero-order chi connectivity index (χ0) is 20.5. The summed E-state index contributed by atoms with van der Waals surface area (Å²) < 4.78 is 0. The predicted molar refractivity (Wildman–Crippen MR) is 111 cm³/mol. The number of anilines is 1. The van der Waals surface area contributed by atoms with Crippen LogP contribution in [0.15, 0.2) is 30.0 Å². The normalized spacial score (nSPS) is 17.2. The molecule has 2 heterocycles. The number of nitriles is 1. The van der Waals surface area contributed by atoms with E-state index >= 15 is 0 Å². The van der Waals surface area contributed by atoms with Gasteiger partial charge in [0.05, 0.1) is 5.56 Å². The number of nitrogens with one attached hydrogen (secondary N) is 2. The van der Waals surface area contributed by atoms with E-state index in [-0.39, 0.29) is 0 Å². The molecule has 0 atom stereocenters. The summed E-state index contributed by atoms with van der Waals surface area (Å²) in [5.41, 5.74) is 1.97. The van der Waals surface area contributed by atoms with Gasteiger partial charge in [0, 0.05) is 32.4 Å². The van der Waals surface area contributed by atoms with Gasteiger partial charge in [-0.2, -0.15) is 5.26 Å². The first-order chi connectivity index (χ1) is 14.2. The van der Waals surface area contributed by atoms with Gasteiger partial charge < -0.3 is 15.5 Å². The Labute approximate surface area is 172 Å². The van der Waals surface area contributed by atoms with E-state index in [0.29, 0.717) is 24.6 Å². The number of hydrogen-bond donors (Lipinski definition) is 2. The van der Waals surface area contributed by atoms with E-state index in [2.05, 4.69) is 32.7 Å². The minimum absolute atomic E-state index is 0.324. The van der Waals surface area contributed by atoms with Crippen molar-refractivity contribution in [2.45, 2.75) is 44.9 Å². The number of pyridine rings is 1. The molecule has 1 saturated heterocycles. The predicted octanol–water partition coefficient (Wildman–Crippen LogP) is 2.29. The van der Waals surface area contributed by atoms with E-state index in [1.165, 1.54) is 18.4 Å². The number of carbonyl (C=O) groups excluding carboxylic acids is 2. The van der Waals surface area contributed by atoms with Gasteiger partial charge >= 0.3 is 11.8 Å². The topological polar surface area (TPSA) is 98.1 Å². The maximum atomic E-state index is 12.0. The third kappa shape index (κ3) is 6.05. The van der Waals surface area contributed by atoms with E-state index in [9.17, 15) is 14.9 Å². The van der Waals surface area contributed by atoms with E-state index in [1.54, 1.807) is 18.3 Å². The van der Waals surface area contributed by atoms with Crippen LogP contribution in [-0.4, -0.2) is 43.0 Å². The lowest BCUT2D eigenvalue weighted by Crippen LogP contribution is -2.44. The molecule has 1 aliphatic heterocycles. The minimum atomic E-state index is -0.554. The standard InChI is InChI=1S/C22H29N5O2/c23-15-19-7-4-11-24-20(19)27-13-9-18(10-14-27)16-26-22(29)21(28)25-12-8-17-5-2-1-3-6-17/h4-5,7,11,18H,1-3,6,8-10,12-14,16H2,(H,25,28)(H,26,29). The SMILES string of the molecule is N#Cc1cccnc1N1CCC(CNC(=O)C(=O)NCCC2=CCCCC2)CC1. The van der Waals surface area contributed by atoms with E-state index in [4.69, 9.17) is 0 Å². The van der Waals surface area contributed by atoms with E-state index < -0.39 is 11.8 Å². The second-order valence-electron chi connectivity index (χ2n) is 7.74. The average molecular weight is 396 g/mol. The highest BCUT2D eigenvalue weighted by Gasteiger charge is 2.23. The van der Waals surface area contributed by atoms with Crippen molar-refractivity contribution < 1.29 is 9.59 Å². The highest BCUT2D eigenvalue weighted by molar-refractivity contribution is 6.35. The molecule has 7 nitrogen and oxygen atoms in total. The number of amides is 2. The van der Waals surface area contributed by atoms with Crippen molar-refractivity contribution in [1.82, 2.24) is 15.6 Å². The summed E-state index contributed by atoms with van der Waals surface area (Å²) in [6.07, 6.45) is 11.3. The first kappa shape index (κ1) is 20.8. The van der Waals surface area contributed by atoms with Crippen molar-refractivity contribution in [3.63, 3.8) is 0 Å². The van der Waals surface area contributed by atoms with Gasteiger partial charge in [-0.25, -0.2) is 4.98 Å². The third-order valence-electron chi connectivity index (χ3n) is 5.70. The van der Waals surface area contributed by atoms with Gasteiger partial charge in [-0.15, -0.1) is 0 Å². The van der Waals surface area contributed by atoms with E-state index in [1.807, 2.05) is 0 Å². The monoisotopic (exact) mass is 395 g/mol. The van der Waals surface area contributed by atoms with Crippen LogP contribution < -0.4 is 15.5 Å². The largest absolute Gasteiger partial charge is 0.356 e. The molecule has 1 aliphatic carbocycles. The Kier molecular flexibility index (Phi) is 7.62. The van der Waals surface area contributed by atoms with Gasteiger partial charge in [-0.3, -0.25) is 9.59 Å². The molecule has 0 saturated carbocycles. The Bertz CT molecular complexity index is 791. The van der Waals surface area contributed by atoms with Crippen LogP contribution in [0.2, 0.25) is 0 Å². The minimum Gasteiger partial charge on any atom is -0.356 e. The van der Waals surface area contributed by atoms with Crippen LogP contribution in [0.4, 0.5) is 5.82 Å². The number of carbonyl (C=O) groups is 2. The van der Waals surface area contributed by atoms with Crippen molar-refractivity contribution in [3.8, 4) is 6.07 Å². The molecule has 1 aromatic rings. The number of hydrogen-bond acceptors (Lipinski definition) is 5. The molecule has 1 fully saturated rings. The summed E-state index contributed by atoms with van der Waals surface area (Å²) in [6.45, 7) is 2.58. The second-order valence-corrected chi connectivity index (χ2v) is 7.74. The summed E-state index contributed by atoms with van der Waals surface area (Å²) in [5.74, 6) is -0.0536. The molecule has 0 unspecified atom stereocenters. The van der Waals surface area contributed by atoms with E-state index in [0.717, 1.165) is 51.0 Å². The quantitative estimate of drug-likeness (QED) is 0.569. The fourth-order valence-electron chi connectivity index (χ4n) is 3.95. The molecule has 3 rings (SSSR count). The van der Waals surface area contributed by atoms with Crippen molar-refractivity contribution >= 4 is 17.6 Å². The summed E-state index contributed by atoms with van der Waals surface area (Å²) in [5, 5.41) is 14.7. The molecule has 2 aliphatic rings. The Morgan fingerprint density at radius 2 is 2.00 bits per heavy atom. The van der Waals surface area contributed by atoms with Crippen LogP contribution in [0.3, 0.4) is 0 Å². The molecule has 0 bridgehead atoms. The van der Waals surface area contributed by atoms with Crippen LogP contribution in [0, 0.1) is 17.2 Å². The van der Waals surface area contributed by atoms with Gasteiger partial charge in [-0.05, 0) is 63.0 Å². The molecule has 0 spiro atoms. The molecule has 1 aromatic heterocycles. The van der Waals surface area contributed by atoms with Crippen LogP contribution in [-0.2, 0) is 9.59 Å². The molecular formula is C22H29N5O2. The fraction of sp³-hybridized carbons (Fsp3) is 0.545. The molecule has 2 amide bonds. The summed E-state index contributed by atoms with van der Waals surface area (Å²) in [4.78, 5) is 30.5. The number of piperidine rings is 1. The Morgan fingerprint density at radius 1 is 1.21 bits per heavy atom. The average Bonchev–Trinajstić information content (AvgIpc) is 2.78. The molecule has 7 heteroatoms. The highest BCUT2D eigenvalue weighted by Crippen LogP contribution is 2.23. The first-order valence-corrected chi connectivity index (χ1v) is 10.5. The van der Waals surface area contributed by atoms with Crippen LogP contribution in [0.25, 0.3) is 0 Å². The summed E-state index contributed by atoms with van der Waals surface area (Å²) in [6, 6.07) is 5.73. The van der Waals surface area contributed by atoms with Crippen molar-refractivity contribution in [3.05, 3.63) is 35.5 Å². The molecule has 0 aromatic carbocycles. The lowest BCUT2D eigenvalue weighted by molar-refractivity contribution is -0.139. The molecule has 154 valence electrons. The molecular weight excluding hydrogens is 366 g/mol. The van der Waals surface area contributed by atoms with Crippen molar-refractivity contribution in [2.75, 3.05) is 31.1 Å². The second kappa shape index (κ2) is 10.6. The van der Waals surface area contributed by atoms with Crippen LogP contribution >= 0.6 is 0 Å². The van der Waals surface area contributed by atoms with Crippen LogP contribution in [0.5, 0.6) is 0 Å². The maximum Gasteiger partial charge on any atom is 0.309 e. The van der Waals surface area contributed by atoms with Crippen molar-refractivity contribution in [1.29, 1.82) is 5.26 Å². The lowest BCUT2D eigenvalue weighted by Gasteiger charge is -2.33. The van der Waals surface area contributed by atoms with Gasteiger partial charge in [0.2, 0.25) is 0 Å². The zero-order valence-electron chi connectivity index (χ0n) is 16.8.